The number of aromatic nitrogens is 3. The molecule has 2 rings (SSSR count). The molecule has 0 aliphatic heterocycles. The number of allylic oxidation sites excluding steroid dienone is 1. The third-order valence-electron chi connectivity index (χ3n) is 2.53. The van der Waals surface area contributed by atoms with Crippen molar-refractivity contribution in [2.75, 3.05) is 12.4 Å². The van der Waals surface area contributed by atoms with Gasteiger partial charge >= 0.3 is 0 Å². The zero-order valence-corrected chi connectivity index (χ0v) is 10.1. The molecule has 0 aromatic carbocycles. The fraction of sp³-hybridized carbons (Fsp3) is 0.231. The smallest absolute Gasteiger partial charge is 0.0724 e. The Hall–Kier alpha value is -2.10. The molecule has 0 bridgehead atoms. The number of rotatable bonds is 4. The predicted octanol–water partition coefficient (Wildman–Crippen LogP) is 2.40. The summed E-state index contributed by atoms with van der Waals surface area (Å²) in [6.07, 6.45) is 5.63. The van der Waals surface area contributed by atoms with Crippen molar-refractivity contribution < 1.29 is 0 Å². The predicted molar refractivity (Wildman–Crippen MR) is 69.8 cm³/mol. The van der Waals surface area contributed by atoms with Gasteiger partial charge in [0.2, 0.25) is 0 Å². The summed E-state index contributed by atoms with van der Waals surface area (Å²) in [4.78, 5) is 4.35. The van der Waals surface area contributed by atoms with Crippen LogP contribution >= 0.6 is 0 Å². The van der Waals surface area contributed by atoms with Gasteiger partial charge in [-0.3, -0.25) is 9.67 Å². The summed E-state index contributed by atoms with van der Waals surface area (Å²) in [6.45, 7) is 6.55. The highest BCUT2D eigenvalue weighted by Crippen LogP contribution is 2.10. The van der Waals surface area contributed by atoms with Gasteiger partial charge < -0.3 is 5.32 Å². The number of hydrogen-bond acceptors (Lipinski definition) is 3. The number of hydrogen-bond donors (Lipinski definition) is 1. The van der Waals surface area contributed by atoms with Crippen molar-refractivity contribution in [1.82, 2.24) is 14.8 Å². The normalized spacial score (nSPS) is 10.2. The number of nitrogens with zero attached hydrogens (tertiary/aromatic N) is 3. The molecule has 0 fully saturated rings. The highest BCUT2D eigenvalue weighted by molar-refractivity contribution is 5.57. The van der Waals surface area contributed by atoms with Crippen molar-refractivity contribution in [3.63, 3.8) is 0 Å². The third kappa shape index (κ3) is 2.72. The van der Waals surface area contributed by atoms with Gasteiger partial charge in [-0.1, -0.05) is 12.6 Å². The quantitative estimate of drug-likeness (QED) is 0.873. The minimum atomic E-state index is 0.727. The van der Waals surface area contributed by atoms with Gasteiger partial charge in [-0.15, -0.1) is 0 Å². The molecule has 4 nitrogen and oxygen atoms in total. The van der Waals surface area contributed by atoms with Crippen LogP contribution in [0.3, 0.4) is 0 Å². The molecular formula is C13H16N4. The lowest BCUT2D eigenvalue weighted by Gasteiger charge is -2.03. The highest BCUT2D eigenvalue weighted by Gasteiger charge is 2.00. The summed E-state index contributed by atoms with van der Waals surface area (Å²) in [5.74, 6) is 0. The first-order valence-electron chi connectivity index (χ1n) is 5.50. The fourth-order valence-electron chi connectivity index (χ4n) is 1.54. The largest absolute Gasteiger partial charge is 0.386 e. The van der Waals surface area contributed by atoms with E-state index in [2.05, 4.69) is 28.0 Å². The van der Waals surface area contributed by atoms with E-state index in [-0.39, 0.29) is 0 Å². The van der Waals surface area contributed by atoms with Crippen LogP contribution in [0, 0.1) is 0 Å². The molecular weight excluding hydrogens is 212 g/mol. The minimum Gasteiger partial charge on any atom is -0.386 e. The summed E-state index contributed by atoms with van der Waals surface area (Å²) in [5, 5.41) is 7.30. The van der Waals surface area contributed by atoms with Gasteiger partial charge in [0.25, 0.3) is 0 Å². The first-order chi connectivity index (χ1) is 8.19. The second-order valence-corrected chi connectivity index (χ2v) is 4.01. The molecule has 0 unspecified atom stereocenters. The van der Waals surface area contributed by atoms with Gasteiger partial charge in [0.15, 0.2) is 0 Å². The molecule has 2 aromatic rings. The second kappa shape index (κ2) is 4.82. The molecule has 0 aliphatic carbocycles. The Morgan fingerprint density at radius 3 is 2.76 bits per heavy atom. The average molecular weight is 228 g/mol. The standard InChI is InChI=1S/C13H16N4/c1-10(2)13-5-4-11(6-15-13)8-17-9-12(14-3)7-16-17/h4-7,9,14H,1,8H2,2-3H3. The Bertz CT molecular complexity index is 510. The van der Waals surface area contributed by atoms with Gasteiger partial charge in [-0.25, -0.2) is 0 Å². The van der Waals surface area contributed by atoms with E-state index in [1.165, 1.54) is 0 Å². The van der Waals surface area contributed by atoms with Gasteiger partial charge in [0.1, 0.15) is 0 Å². The van der Waals surface area contributed by atoms with Crippen LogP contribution in [0.15, 0.2) is 37.3 Å². The lowest BCUT2D eigenvalue weighted by molar-refractivity contribution is 0.685. The molecule has 17 heavy (non-hydrogen) atoms. The maximum atomic E-state index is 4.35. The van der Waals surface area contributed by atoms with Crippen LogP contribution in [0.5, 0.6) is 0 Å². The molecule has 2 heterocycles. The van der Waals surface area contributed by atoms with E-state index in [1.807, 2.05) is 37.1 Å². The van der Waals surface area contributed by atoms with E-state index in [0.717, 1.165) is 29.1 Å². The van der Waals surface area contributed by atoms with Crippen LogP contribution in [-0.4, -0.2) is 21.8 Å². The third-order valence-corrected chi connectivity index (χ3v) is 2.53. The fourth-order valence-corrected chi connectivity index (χ4v) is 1.54. The average Bonchev–Trinajstić information content (AvgIpc) is 2.77. The molecule has 0 saturated heterocycles. The molecule has 1 N–H and O–H groups in total. The molecule has 88 valence electrons. The van der Waals surface area contributed by atoms with Gasteiger partial charge in [0, 0.05) is 19.4 Å². The zero-order valence-electron chi connectivity index (χ0n) is 10.1. The molecule has 0 radical (unpaired) electrons. The van der Waals surface area contributed by atoms with Crippen molar-refractivity contribution in [3.8, 4) is 0 Å². The van der Waals surface area contributed by atoms with Gasteiger partial charge in [-0.2, -0.15) is 5.10 Å². The molecule has 0 amide bonds. The number of nitrogens with one attached hydrogen (secondary N) is 1. The Labute approximate surface area is 101 Å². The highest BCUT2D eigenvalue weighted by atomic mass is 15.3. The van der Waals surface area contributed by atoms with E-state index in [4.69, 9.17) is 0 Å². The number of pyridine rings is 1. The summed E-state index contributed by atoms with van der Waals surface area (Å²) in [5.41, 5.74) is 4.05. The lowest BCUT2D eigenvalue weighted by Crippen LogP contribution is -2.00. The molecule has 0 spiro atoms. The van der Waals surface area contributed by atoms with Crippen molar-refractivity contribution in [2.45, 2.75) is 13.5 Å². The van der Waals surface area contributed by atoms with Crippen LogP contribution in [0.4, 0.5) is 5.69 Å². The summed E-state index contributed by atoms with van der Waals surface area (Å²) >= 11 is 0. The molecule has 2 aromatic heterocycles. The topological polar surface area (TPSA) is 42.7 Å². The molecule has 0 aliphatic rings. The number of anilines is 1. The summed E-state index contributed by atoms with van der Waals surface area (Å²) in [7, 11) is 1.88. The first kappa shape index (κ1) is 11.4. The van der Waals surface area contributed by atoms with Gasteiger partial charge in [0.05, 0.1) is 24.1 Å². The Balaban J connectivity index is 2.10. The van der Waals surface area contributed by atoms with E-state index in [0.29, 0.717) is 0 Å². The van der Waals surface area contributed by atoms with Crippen LogP contribution in [-0.2, 0) is 6.54 Å². The van der Waals surface area contributed by atoms with E-state index >= 15 is 0 Å². The Morgan fingerprint density at radius 2 is 2.24 bits per heavy atom. The van der Waals surface area contributed by atoms with E-state index < -0.39 is 0 Å². The van der Waals surface area contributed by atoms with Crippen molar-refractivity contribution in [3.05, 3.63) is 48.6 Å². The van der Waals surface area contributed by atoms with E-state index in [9.17, 15) is 0 Å². The maximum Gasteiger partial charge on any atom is 0.0724 e. The maximum absolute atomic E-state index is 4.35. The lowest BCUT2D eigenvalue weighted by atomic mass is 10.2. The van der Waals surface area contributed by atoms with Crippen molar-refractivity contribution in [2.24, 2.45) is 0 Å². The van der Waals surface area contributed by atoms with Crippen molar-refractivity contribution >= 4 is 11.3 Å². The van der Waals surface area contributed by atoms with Crippen LogP contribution in [0.25, 0.3) is 5.57 Å². The molecule has 4 heteroatoms. The molecule has 0 atom stereocenters. The summed E-state index contributed by atoms with van der Waals surface area (Å²) < 4.78 is 1.88. The van der Waals surface area contributed by atoms with Crippen LogP contribution in [0.1, 0.15) is 18.2 Å². The minimum absolute atomic E-state index is 0.727. The zero-order chi connectivity index (χ0) is 12.3. The van der Waals surface area contributed by atoms with Crippen LogP contribution < -0.4 is 5.32 Å². The molecule has 0 saturated carbocycles. The first-order valence-corrected chi connectivity index (χ1v) is 5.50. The van der Waals surface area contributed by atoms with Gasteiger partial charge in [-0.05, 0) is 24.1 Å². The second-order valence-electron chi connectivity index (χ2n) is 4.01. The van der Waals surface area contributed by atoms with Crippen molar-refractivity contribution in [1.29, 1.82) is 0 Å². The van der Waals surface area contributed by atoms with E-state index in [1.54, 1.807) is 6.20 Å². The monoisotopic (exact) mass is 228 g/mol. The Kier molecular flexibility index (Phi) is 3.23. The Morgan fingerprint density at radius 1 is 1.41 bits per heavy atom. The summed E-state index contributed by atoms with van der Waals surface area (Å²) in [6, 6.07) is 4.04. The SMILES string of the molecule is C=C(C)c1ccc(Cn2cc(NC)cn2)cn1. The van der Waals surface area contributed by atoms with Crippen LogP contribution in [0.2, 0.25) is 0 Å².